The average Bonchev–Trinajstić information content (AvgIpc) is 2.87. The molecule has 1 amide bonds. The van der Waals surface area contributed by atoms with E-state index in [0.717, 1.165) is 22.7 Å². The lowest BCUT2D eigenvalue weighted by Gasteiger charge is -2.06. The second kappa shape index (κ2) is 5.81. The molecule has 0 spiro atoms. The van der Waals surface area contributed by atoms with E-state index in [9.17, 15) is 4.79 Å². The predicted molar refractivity (Wildman–Crippen MR) is 83.6 cm³/mol. The van der Waals surface area contributed by atoms with Crippen LogP contribution in [0.4, 0.5) is 5.69 Å². The molecular weight excluding hydrogens is 278 g/mol. The van der Waals surface area contributed by atoms with Crippen LogP contribution in [-0.4, -0.2) is 15.9 Å². The van der Waals surface area contributed by atoms with Crippen molar-refractivity contribution in [2.24, 2.45) is 0 Å². The zero-order valence-corrected chi connectivity index (χ0v) is 12.3. The van der Waals surface area contributed by atoms with Crippen molar-refractivity contribution in [3.63, 3.8) is 0 Å². The van der Waals surface area contributed by atoms with E-state index in [0.29, 0.717) is 11.5 Å². The highest BCUT2D eigenvalue weighted by atomic mass is 16.4. The number of carbonyl (C=O) groups is 1. The summed E-state index contributed by atoms with van der Waals surface area (Å²) >= 11 is 0. The number of carbonyl (C=O) groups excluding carboxylic acids is 1. The van der Waals surface area contributed by atoms with Crippen LogP contribution in [0, 0.1) is 13.8 Å². The Morgan fingerprint density at radius 3 is 2.32 bits per heavy atom. The van der Waals surface area contributed by atoms with Crippen molar-refractivity contribution in [2.75, 3.05) is 5.32 Å². The van der Waals surface area contributed by atoms with Crippen LogP contribution >= 0.6 is 0 Å². The Balaban J connectivity index is 1.77. The molecule has 2 aromatic heterocycles. The number of amides is 1. The van der Waals surface area contributed by atoms with Crippen LogP contribution in [0.25, 0.3) is 11.3 Å². The second-order valence-corrected chi connectivity index (χ2v) is 4.91. The number of aromatic nitrogens is 2. The highest BCUT2D eigenvalue weighted by Gasteiger charge is 2.10. The minimum atomic E-state index is -0.163. The number of pyridine rings is 1. The lowest BCUT2D eigenvalue weighted by Crippen LogP contribution is -2.11. The molecule has 3 aromatic rings. The standard InChI is InChI=1S/C17H15N3O2/c1-11-16(19-12(2)22-11)13-3-5-15(6-4-13)20-17(21)14-7-9-18-10-8-14/h3-10H,1-2H3,(H,20,21). The Labute approximate surface area is 128 Å². The Hall–Kier alpha value is -2.95. The monoisotopic (exact) mass is 293 g/mol. The number of aryl methyl sites for hydroxylation is 2. The first-order valence-corrected chi connectivity index (χ1v) is 6.89. The van der Waals surface area contributed by atoms with Crippen molar-refractivity contribution in [3.05, 3.63) is 66.0 Å². The number of hydrogen-bond donors (Lipinski definition) is 1. The van der Waals surface area contributed by atoms with E-state index >= 15 is 0 Å². The molecule has 22 heavy (non-hydrogen) atoms. The van der Waals surface area contributed by atoms with Crippen LogP contribution in [0.1, 0.15) is 22.0 Å². The summed E-state index contributed by atoms with van der Waals surface area (Å²) in [7, 11) is 0. The van der Waals surface area contributed by atoms with E-state index in [-0.39, 0.29) is 5.91 Å². The molecule has 5 heteroatoms. The molecular formula is C17H15N3O2. The SMILES string of the molecule is Cc1nc(-c2ccc(NC(=O)c3ccncc3)cc2)c(C)o1. The number of rotatable bonds is 3. The fourth-order valence-corrected chi connectivity index (χ4v) is 2.21. The second-order valence-electron chi connectivity index (χ2n) is 4.91. The number of benzene rings is 1. The third-order valence-corrected chi connectivity index (χ3v) is 3.26. The van der Waals surface area contributed by atoms with Gasteiger partial charge in [-0.05, 0) is 31.2 Å². The molecule has 1 aromatic carbocycles. The van der Waals surface area contributed by atoms with Gasteiger partial charge in [-0.25, -0.2) is 4.98 Å². The molecule has 110 valence electrons. The molecule has 0 bridgehead atoms. The number of nitrogens with zero attached hydrogens (tertiary/aromatic N) is 2. The maximum absolute atomic E-state index is 12.1. The van der Waals surface area contributed by atoms with Gasteiger partial charge in [-0.2, -0.15) is 0 Å². The summed E-state index contributed by atoms with van der Waals surface area (Å²) in [6.45, 7) is 3.70. The summed E-state index contributed by atoms with van der Waals surface area (Å²) < 4.78 is 5.43. The van der Waals surface area contributed by atoms with E-state index in [1.165, 1.54) is 0 Å². The highest BCUT2D eigenvalue weighted by Crippen LogP contribution is 2.24. The Morgan fingerprint density at radius 2 is 1.73 bits per heavy atom. The van der Waals surface area contributed by atoms with E-state index in [1.54, 1.807) is 24.5 Å². The summed E-state index contributed by atoms with van der Waals surface area (Å²) in [6, 6.07) is 10.9. The lowest BCUT2D eigenvalue weighted by molar-refractivity contribution is 0.102. The van der Waals surface area contributed by atoms with Crippen molar-refractivity contribution in [2.45, 2.75) is 13.8 Å². The van der Waals surface area contributed by atoms with E-state index in [2.05, 4.69) is 15.3 Å². The molecule has 0 aliphatic rings. The first kappa shape index (κ1) is 14.0. The van der Waals surface area contributed by atoms with Crippen molar-refractivity contribution in [1.82, 2.24) is 9.97 Å². The van der Waals surface area contributed by atoms with Crippen LogP contribution in [0.2, 0.25) is 0 Å². The number of anilines is 1. The Morgan fingerprint density at radius 1 is 1.05 bits per heavy atom. The van der Waals surface area contributed by atoms with Gasteiger partial charge in [0.1, 0.15) is 11.5 Å². The van der Waals surface area contributed by atoms with E-state index < -0.39 is 0 Å². The molecule has 0 fully saturated rings. The van der Waals surface area contributed by atoms with Crippen molar-refractivity contribution < 1.29 is 9.21 Å². The minimum absolute atomic E-state index is 0.163. The zero-order valence-electron chi connectivity index (χ0n) is 12.3. The molecule has 0 saturated heterocycles. The van der Waals surface area contributed by atoms with Crippen molar-refractivity contribution >= 4 is 11.6 Å². The van der Waals surface area contributed by atoms with Crippen LogP contribution in [0.3, 0.4) is 0 Å². The first-order chi connectivity index (χ1) is 10.6. The molecule has 0 unspecified atom stereocenters. The van der Waals surface area contributed by atoms with Gasteiger partial charge in [0.05, 0.1) is 0 Å². The van der Waals surface area contributed by atoms with Gasteiger partial charge in [0, 0.05) is 36.1 Å². The van der Waals surface area contributed by atoms with Gasteiger partial charge >= 0.3 is 0 Å². The van der Waals surface area contributed by atoms with Crippen molar-refractivity contribution in [3.8, 4) is 11.3 Å². The summed E-state index contributed by atoms with van der Waals surface area (Å²) in [5.41, 5.74) is 3.08. The summed E-state index contributed by atoms with van der Waals surface area (Å²) in [4.78, 5) is 20.3. The average molecular weight is 293 g/mol. The molecule has 2 heterocycles. The van der Waals surface area contributed by atoms with Gasteiger partial charge in [-0.1, -0.05) is 12.1 Å². The van der Waals surface area contributed by atoms with Gasteiger partial charge in [0.2, 0.25) is 0 Å². The molecule has 0 radical (unpaired) electrons. The largest absolute Gasteiger partial charge is 0.446 e. The lowest BCUT2D eigenvalue weighted by atomic mass is 10.1. The van der Waals surface area contributed by atoms with Crippen LogP contribution in [0.15, 0.2) is 53.2 Å². The van der Waals surface area contributed by atoms with E-state index in [1.807, 2.05) is 38.1 Å². The Kier molecular flexibility index (Phi) is 3.70. The van der Waals surface area contributed by atoms with Gasteiger partial charge in [-0.15, -0.1) is 0 Å². The van der Waals surface area contributed by atoms with Gasteiger partial charge in [-0.3, -0.25) is 9.78 Å². The minimum Gasteiger partial charge on any atom is -0.446 e. The van der Waals surface area contributed by atoms with Gasteiger partial charge in [0.25, 0.3) is 5.91 Å². The summed E-state index contributed by atoms with van der Waals surface area (Å²) in [6.07, 6.45) is 3.18. The molecule has 0 atom stereocenters. The fraction of sp³-hybridized carbons (Fsp3) is 0.118. The van der Waals surface area contributed by atoms with Gasteiger partial charge < -0.3 is 9.73 Å². The number of nitrogens with one attached hydrogen (secondary N) is 1. The predicted octanol–water partition coefficient (Wildman–Crippen LogP) is 3.61. The zero-order chi connectivity index (χ0) is 15.5. The molecule has 5 nitrogen and oxygen atoms in total. The van der Waals surface area contributed by atoms with E-state index in [4.69, 9.17) is 4.42 Å². The topological polar surface area (TPSA) is 68.0 Å². The smallest absolute Gasteiger partial charge is 0.255 e. The summed E-state index contributed by atoms with van der Waals surface area (Å²) in [5, 5.41) is 2.85. The van der Waals surface area contributed by atoms with Gasteiger partial charge in [0.15, 0.2) is 5.89 Å². The maximum atomic E-state index is 12.1. The fourth-order valence-electron chi connectivity index (χ4n) is 2.21. The molecule has 1 N–H and O–H groups in total. The normalized spacial score (nSPS) is 10.5. The third-order valence-electron chi connectivity index (χ3n) is 3.26. The maximum Gasteiger partial charge on any atom is 0.255 e. The Bertz CT molecular complexity index is 793. The third kappa shape index (κ3) is 2.88. The van der Waals surface area contributed by atoms with Crippen LogP contribution < -0.4 is 5.32 Å². The number of oxazole rings is 1. The molecule has 0 saturated carbocycles. The van der Waals surface area contributed by atoms with Crippen molar-refractivity contribution in [1.29, 1.82) is 0 Å². The highest BCUT2D eigenvalue weighted by molar-refractivity contribution is 6.04. The number of hydrogen-bond acceptors (Lipinski definition) is 4. The van der Waals surface area contributed by atoms with Crippen LogP contribution in [0.5, 0.6) is 0 Å². The quantitative estimate of drug-likeness (QED) is 0.801. The molecule has 3 rings (SSSR count). The molecule has 0 aliphatic carbocycles. The summed E-state index contributed by atoms with van der Waals surface area (Å²) in [5.74, 6) is 1.26. The molecule has 0 aliphatic heterocycles. The van der Waals surface area contributed by atoms with Crippen LogP contribution in [-0.2, 0) is 0 Å². The first-order valence-electron chi connectivity index (χ1n) is 6.89.